The van der Waals surface area contributed by atoms with Crippen LogP contribution >= 0.6 is 0 Å². The fourth-order valence-corrected chi connectivity index (χ4v) is 2.99. The molecule has 1 aliphatic rings. The highest BCUT2D eigenvalue weighted by atomic mass is 16.1. The predicted octanol–water partition coefficient (Wildman–Crippen LogP) is 1.13. The van der Waals surface area contributed by atoms with Crippen LogP contribution < -0.4 is 15.8 Å². The molecule has 6 heteroatoms. The molecule has 0 aliphatic heterocycles. The Balaban J connectivity index is 1.69. The molecule has 1 aromatic carbocycles. The van der Waals surface area contributed by atoms with Crippen LogP contribution in [0.3, 0.4) is 0 Å². The van der Waals surface area contributed by atoms with Crippen LogP contribution in [0.2, 0.25) is 0 Å². The number of aromatic nitrogens is 2. The summed E-state index contributed by atoms with van der Waals surface area (Å²) in [6, 6.07) is 9.19. The topological polar surface area (TPSA) is 67.2 Å². The number of hydrogen-bond acceptors (Lipinski definition) is 4. The van der Waals surface area contributed by atoms with Crippen molar-refractivity contribution in [2.75, 3.05) is 19.0 Å². The van der Waals surface area contributed by atoms with Crippen molar-refractivity contribution >= 4 is 11.6 Å². The van der Waals surface area contributed by atoms with Crippen LogP contribution in [0.5, 0.6) is 0 Å². The van der Waals surface area contributed by atoms with Crippen LogP contribution in [0, 0.1) is 0 Å². The molecule has 24 heavy (non-hydrogen) atoms. The van der Waals surface area contributed by atoms with E-state index in [0.29, 0.717) is 12.0 Å². The standard InChI is InChI=1S/C18H22N4O2/c1-21(2)15-7-4-12(5-8-15)18(24)19-14-6-9-16-13(10-14)11-17(23)22(3)20-16/h4-5,7-8,11,14H,6,9-10H2,1-3H3,(H,19,24)/t14-/m0/s1. The van der Waals surface area contributed by atoms with Crippen LogP contribution in [-0.2, 0) is 19.9 Å². The number of fused-ring (bicyclic) bond motifs is 1. The Hall–Kier alpha value is -2.63. The van der Waals surface area contributed by atoms with E-state index in [9.17, 15) is 9.59 Å². The second-order valence-corrected chi connectivity index (χ2v) is 6.43. The molecule has 1 heterocycles. The first kappa shape index (κ1) is 16.2. The molecule has 0 saturated carbocycles. The Bertz CT molecular complexity index is 809. The Morgan fingerprint density at radius 3 is 2.67 bits per heavy atom. The molecule has 0 radical (unpaired) electrons. The van der Waals surface area contributed by atoms with E-state index >= 15 is 0 Å². The van der Waals surface area contributed by atoms with Gasteiger partial charge in [0.05, 0.1) is 5.69 Å². The highest BCUT2D eigenvalue weighted by Crippen LogP contribution is 2.19. The number of nitrogens with zero attached hydrogens (tertiary/aromatic N) is 3. The van der Waals surface area contributed by atoms with Gasteiger partial charge in [-0.15, -0.1) is 0 Å². The summed E-state index contributed by atoms with van der Waals surface area (Å²) in [4.78, 5) is 26.2. The third-order valence-corrected chi connectivity index (χ3v) is 4.44. The zero-order valence-corrected chi connectivity index (χ0v) is 14.2. The first-order valence-electron chi connectivity index (χ1n) is 8.08. The average molecular weight is 326 g/mol. The van der Waals surface area contributed by atoms with Crippen molar-refractivity contribution in [3.8, 4) is 0 Å². The van der Waals surface area contributed by atoms with Crippen LogP contribution in [0.15, 0.2) is 35.1 Å². The molecule has 1 aromatic heterocycles. The predicted molar refractivity (Wildman–Crippen MR) is 93.5 cm³/mol. The molecule has 1 aliphatic carbocycles. The van der Waals surface area contributed by atoms with Crippen molar-refractivity contribution in [2.24, 2.45) is 7.05 Å². The van der Waals surface area contributed by atoms with Gasteiger partial charge in [0.15, 0.2) is 0 Å². The maximum Gasteiger partial charge on any atom is 0.266 e. The number of hydrogen-bond donors (Lipinski definition) is 1. The minimum Gasteiger partial charge on any atom is -0.378 e. The van der Waals surface area contributed by atoms with Gasteiger partial charge >= 0.3 is 0 Å². The number of nitrogens with one attached hydrogen (secondary N) is 1. The minimum atomic E-state index is -0.111. The van der Waals surface area contributed by atoms with E-state index in [4.69, 9.17) is 0 Å². The molecule has 2 aromatic rings. The number of rotatable bonds is 3. The number of anilines is 1. The quantitative estimate of drug-likeness (QED) is 0.918. The van der Waals surface area contributed by atoms with E-state index in [1.54, 1.807) is 13.1 Å². The van der Waals surface area contributed by atoms with Crippen molar-refractivity contribution < 1.29 is 4.79 Å². The summed E-state index contributed by atoms with van der Waals surface area (Å²) in [7, 11) is 5.59. The number of carbonyl (C=O) groups is 1. The molecule has 126 valence electrons. The zero-order valence-electron chi connectivity index (χ0n) is 14.2. The van der Waals surface area contributed by atoms with Gasteiger partial charge in [0.2, 0.25) is 0 Å². The first-order valence-corrected chi connectivity index (χ1v) is 8.08. The summed E-state index contributed by atoms with van der Waals surface area (Å²) in [6.07, 6.45) is 2.26. The minimum absolute atomic E-state index is 0.0347. The lowest BCUT2D eigenvalue weighted by molar-refractivity contribution is 0.0933. The van der Waals surface area contributed by atoms with Gasteiger partial charge in [0.1, 0.15) is 0 Å². The van der Waals surface area contributed by atoms with E-state index in [-0.39, 0.29) is 17.5 Å². The van der Waals surface area contributed by atoms with Crippen molar-refractivity contribution in [3.63, 3.8) is 0 Å². The summed E-state index contributed by atoms with van der Waals surface area (Å²) in [5, 5.41) is 7.37. The Labute approximate surface area is 141 Å². The van der Waals surface area contributed by atoms with Crippen molar-refractivity contribution in [1.29, 1.82) is 0 Å². The molecule has 0 saturated heterocycles. The lowest BCUT2D eigenvalue weighted by Crippen LogP contribution is -2.40. The second kappa shape index (κ2) is 6.47. The van der Waals surface area contributed by atoms with Gasteiger partial charge in [-0.2, -0.15) is 5.10 Å². The molecule has 1 N–H and O–H groups in total. The molecule has 1 amide bonds. The van der Waals surface area contributed by atoms with Gasteiger partial charge in [-0.1, -0.05) is 0 Å². The van der Waals surface area contributed by atoms with Gasteiger partial charge in [0.25, 0.3) is 11.5 Å². The van der Waals surface area contributed by atoms with Crippen LogP contribution in [0.4, 0.5) is 5.69 Å². The van der Waals surface area contributed by atoms with E-state index in [0.717, 1.165) is 29.8 Å². The molecule has 0 unspecified atom stereocenters. The zero-order chi connectivity index (χ0) is 17.3. The number of benzene rings is 1. The fourth-order valence-electron chi connectivity index (χ4n) is 2.99. The Kier molecular flexibility index (Phi) is 4.38. The summed E-state index contributed by atoms with van der Waals surface area (Å²) in [5.41, 5.74) is 3.49. The molecule has 0 fully saturated rings. The third kappa shape index (κ3) is 3.32. The van der Waals surface area contributed by atoms with E-state index < -0.39 is 0 Å². The van der Waals surface area contributed by atoms with Crippen LogP contribution in [0.25, 0.3) is 0 Å². The summed E-state index contributed by atoms with van der Waals surface area (Å²) in [5.74, 6) is -0.0782. The monoisotopic (exact) mass is 326 g/mol. The average Bonchev–Trinajstić information content (AvgIpc) is 2.56. The lowest BCUT2D eigenvalue weighted by Gasteiger charge is -2.25. The van der Waals surface area contributed by atoms with Crippen molar-refractivity contribution in [1.82, 2.24) is 15.1 Å². The van der Waals surface area contributed by atoms with Crippen molar-refractivity contribution in [3.05, 3.63) is 57.5 Å². The third-order valence-electron chi connectivity index (χ3n) is 4.44. The summed E-state index contributed by atoms with van der Waals surface area (Å²) >= 11 is 0. The summed E-state index contributed by atoms with van der Waals surface area (Å²) in [6.45, 7) is 0. The number of amides is 1. The highest BCUT2D eigenvalue weighted by Gasteiger charge is 2.22. The van der Waals surface area contributed by atoms with Crippen LogP contribution in [0.1, 0.15) is 28.0 Å². The normalized spacial score (nSPS) is 16.4. The maximum atomic E-state index is 12.4. The molecular formula is C18H22N4O2. The molecule has 6 nitrogen and oxygen atoms in total. The van der Waals surface area contributed by atoms with Gasteiger partial charge in [-0.05, 0) is 49.1 Å². The van der Waals surface area contributed by atoms with Gasteiger partial charge in [-0.25, -0.2) is 4.68 Å². The number of aryl methyl sites for hydroxylation is 2. The molecule has 0 bridgehead atoms. The number of carbonyl (C=O) groups excluding carboxylic acids is 1. The fraction of sp³-hybridized carbons (Fsp3) is 0.389. The van der Waals surface area contributed by atoms with Gasteiger partial charge in [0, 0.05) is 44.5 Å². The van der Waals surface area contributed by atoms with Crippen molar-refractivity contribution in [2.45, 2.75) is 25.3 Å². The van der Waals surface area contributed by atoms with Gasteiger partial charge in [-0.3, -0.25) is 9.59 Å². The Morgan fingerprint density at radius 2 is 2.00 bits per heavy atom. The second-order valence-electron chi connectivity index (χ2n) is 6.43. The molecular weight excluding hydrogens is 304 g/mol. The van der Waals surface area contributed by atoms with Crippen LogP contribution in [-0.4, -0.2) is 35.8 Å². The maximum absolute atomic E-state index is 12.4. The Morgan fingerprint density at radius 1 is 1.29 bits per heavy atom. The van der Waals surface area contributed by atoms with E-state index in [1.165, 1.54) is 4.68 Å². The smallest absolute Gasteiger partial charge is 0.266 e. The molecule has 3 rings (SSSR count). The van der Waals surface area contributed by atoms with E-state index in [1.807, 2.05) is 43.3 Å². The lowest BCUT2D eigenvalue weighted by atomic mass is 9.92. The summed E-state index contributed by atoms with van der Waals surface area (Å²) < 4.78 is 1.37. The van der Waals surface area contributed by atoms with Gasteiger partial charge < -0.3 is 10.2 Å². The SMILES string of the molecule is CN(C)c1ccc(C(=O)N[C@H]2CCc3nn(C)c(=O)cc3C2)cc1. The highest BCUT2D eigenvalue weighted by molar-refractivity contribution is 5.94. The molecule has 0 spiro atoms. The molecule has 1 atom stereocenters. The first-order chi connectivity index (χ1) is 11.4. The largest absolute Gasteiger partial charge is 0.378 e. The van der Waals surface area contributed by atoms with E-state index in [2.05, 4.69) is 10.4 Å².